The summed E-state index contributed by atoms with van der Waals surface area (Å²) >= 11 is 0. The summed E-state index contributed by atoms with van der Waals surface area (Å²) < 4.78 is 4.96. The summed E-state index contributed by atoms with van der Waals surface area (Å²) in [4.78, 5) is 16.3. The minimum absolute atomic E-state index is 0.216. The van der Waals surface area contributed by atoms with Crippen LogP contribution in [0.4, 0.5) is 11.4 Å². The number of pyridine rings is 1. The number of anilines is 2. The zero-order valence-electron chi connectivity index (χ0n) is 13.1. The van der Waals surface area contributed by atoms with E-state index >= 15 is 0 Å². The van der Waals surface area contributed by atoms with Crippen molar-refractivity contribution >= 4 is 17.3 Å². The van der Waals surface area contributed by atoms with Gasteiger partial charge in [-0.05, 0) is 49.2 Å². The van der Waals surface area contributed by atoms with Crippen molar-refractivity contribution in [3.05, 3.63) is 53.3 Å². The third kappa shape index (κ3) is 4.30. The Kier molecular flexibility index (Phi) is 5.49. The molecule has 1 amide bonds. The molecule has 5 nitrogen and oxygen atoms in total. The molecule has 0 saturated heterocycles. The van der Waals surface area contributed by atoms with Gasteiger partial charge < -0.3 is 15.4 Å². The standard InChI is InChI=1S/C17H21N3O2/c1-12-4-5-14(10-13(12)2)20-17(21)16-7-6-15(11-19-16)18-8-9-22-3/h4-7,10-11,18H,8-9H2,1-3H3,(H,20,21). The number of carbonyl (C=O) groups is 1. The molecular formula is C17H21N3O2. The number of nitrogens with one attached hydrogen (secondary N) is 2. The molecule has 0 saturated carbocycles. The molecule has 0 unspecified atom stereocenters. The van der Waals surface area contributed by atoms with Crippen molar-refractivity contribution < 1.29 is 9.53 Å². The van der Waals surface area contributed by atoms with Crippen LogP contribution in [0.2, 0.25) is 0 Å². The van der Waals surface area contributed by atoms with Crippen LogP contribution in [0.3, 0.4) is 0 Å². The Bertz CT molecular complexity index is 639. The highest BCUT2D eigenvalue weighted by Crippen LogP contribution is 2.15. The van der Waals surface area contributed by atoms with E-state index in [1.54, 1.807) is 19.4 Å². The summed E-state index contributed by atoms with van der Waals surface area (Å²) in [7, 11) is 1.65. The molecule has 22 heavy (non-hydrogen) atoms. The maximum Gasteiger partial charge on any atom is 0.274 e. The van der Waals surface area contributed by atoms with Crippen LogP contribution < -0.4 is 10.6 Å². The Morgan fingerprint density at radius 2 is 1.91 bits per heavy atom. The van der Waals surface area contributed by atoms with Gasteiger partial charge >= 0.3 is 0 Å². The SMILES string of the molecule is COCCNc1ccc(C(=O)Nc2ccc(C)c(C)c2)nc1. The summed E-state index contributed by atoms with van der Waals surface area (Å²) in [5, 5.41) is 6.01. The highest BCUT2D eigenvalue weighted by Gasteiger charge is 2.08. The van der Waals surface area contributed by atoms with Gasteiger partial charge in [-0.3, -0.25) is 4.79 Å². The van der Waals surface area contributed by atoms with Gasteiger partial charge in [0.25, 0.3) is 5.91 Å². The Morgan fingerprint density at radius 3 is 2.55 bits per heavy atom. The minimum atomic E-state index is -0.216. The van der Waals surface area contributed by atoms with E-state index in [0.717, 1.165) is 16.9 Å². The highest BCUT2D eigenvalue weighted by atomic mass is 16.5. The fourth-order valence-electron chi connectivity index (χ4n) is 1.94. The van der Waals surface area contributed by atoms with Crippen LogP contribution in [-0.2, 0) is 4.74 Å². The smallest absolute Gasteiger partial charge is 0.274 e. The number of methoxy groups -OCH3 is 1. The molecule has 0 aliphatic heterocycles. The second-order valence-electron chi connectivity index (χ2n) is 5.10. The molecule has 0 aliphatic rings. The molecule has 116 valence electrons. The summed E-state index contributed by atoms with van der Waals surface area (Å²) in [5.41, 5.74) is 4.36. The van der Waals surface area contributed by atoms with Gasteiger partial charge in [-0.25, -0.2) is 4.98 Å². The fourth-order valence-corrected chi connectivity index (χ4v) is 1.94. The number of amides is 1. The first-order chi connectivity index (χ1) is 10.6. The minimum Gasteiger partial charge on any atom is -0.383 e. The molecule has 1 aromatic carbocycles. The molecule has 1 aromatic heterocycles. The predicted molar refractivity (Wildman–Crippen MR) is 88.5 cm³/mol. The second kappa shape index (κ2) is 7.56. The number of nitrogens with zero attached hydrogens (tertiary/aromatic N) is 1. The number of rotatable bonds is 6. The number of benzene rings is 1. The van der Waals surface area contributed by atoms with Gasteiger partial charge in [-0.2, -0.15) is 0 Å². The zero-order valence-corrected chi connectivity index (χ0v) is 13.1. The van der Waals surface area contributed by atoms with Gasteiger partial charge in [-0.15, -0.1) is 0 Å². The molecule has 2 rings (SSSR count). The Labute approximate surface area is 130 Å². The van der Waals surface area contributed by atoms with Crippen LogP contribution in [0.5, 0.6) is 0 Å². The topological polar surface area (TPSA) is 63.2 Å². The fraction of sp³-hybridized carbons (Fsp3) is 0.294. The van der Waals surface area contributed by atoms with Crippen molar-refractivity contribution in [1.82, 2.24) is 4.98 Å². The van der Waals surface area contributed by atoms with Gasteiger partial charge in [0.1, 0.15) is 5.69 Å². The average molecular weight is 299 g/mol. The Balaban J connectivity index is 1.98. The van der Waals surface area contributed by atoms with Gasteiger partial charge in [0.15, 0.2) is 0 Å². The largest absolute Gasteiger partial charge is 0.383 e. The van der Waals surface area contributed by atoms with Gasteiger partial charge in [-0.1, -0.05) is 6.07 Å². The van der Waals surface area contributed by atoms with E-state index in [4.69, 9.17) is 4.74 Å². The summed E-state index contributed by atoms with van der Waals surface area (Å²) in [6.45, 7) is 5.38. The lowest BCUT2D eigenvalue weighted by Crippen LogP contribution is -2.14. The number of hydrogen-bond donors (Lipinski definition) is 2. The summed E-state index contributed by atoms with van der Waals surface area (Å²) in [5.74, 6) is -0.216. The number of carbonyl (C=O) groups excluding carboxylic acids is 1. The molecular weight excluding hydrogens is 278 g/mol. The third-order valence-corrected chi connectivity index (χ3v) is 3.40. The maximum atomic E-state index is 12.2. The van der Waals surface area contributed by atoms with E-state index < -0.39 is 0 Å². The normalized spacial score (nSPS) is 10.3. The molecule has 1 heterocycles. The monoisotopic (exact) mass is 299 g/mol. The van der Waals surface area contributed by atoms with Crippen molar-refractivity contribution in [3.8, 4) is 0 Å². The van der Waals surface area contributed by atoms with E-state index in [1.165, 1.54) is 5.56 Å². The molecule has 0 radical (unpaired) electrons. The van der Waals surface area contributed by atoms with Crippen molar-refractivity contribution in [2.45, 2.75) is 13.8 Å². The van der Waals surface area contributed by atoms with E-state index in [1.807, 2.05) is 38.1 Å². The van der Waals surface area contributed by atoms with E-state index in [-0.39, 0.29) is 5.91 Å². The van der Waals surface area contributed by atoms with Crippen LogP contribution in [0.25, 0.3) is 0 Å². The lowest BCUT2D eigenvalue weighted by Gasteiger charge is -2.08. The molecule has 0 spiro atoms. The zero-order chi connectivity index (χ0) is 15.9. The molecule has 2 aromatic rings. The molecule has 0 atom stereocenters. The molecule has 0 fully saturated rings. The first-order valence-corrected chi connectivity index (χ1v) is 7.17. The quantitative estimate of drug-likeness (QED) is 0.805. The summed E-state index contributed by atoms with van der Waals surface area (Å²) in [6, 6.07) is 9.36. The van der Waals surface area contributed by atoms with E-state index in [9.17, 15) is 4.79 Å². The second-order valence-corrected chi connectivity index (χ2v) is 5.10. The number of aromatic nitrogens is 1. The average Bonchev–Trinajstić information content (AvgIpc) is 2.52. The number of ether oxygens (including phenoxy) is 1. The van der Waals surface area contributed by atoms with Crippen molar-refractivity contribution in [2.75, 3.05) is 30.9 Å². The molecule has 0 bridgehead atoms. The molecule has 0 aliphatic carbocycles. The van der Waals surface area contributed by atoms with Crippen LogP contribution in [-0.4, -0.2) is 31.2 Å². The van der Waals surface area contributed by atoms with E-state index in [2.05, 4.69) is 15.6 Å². The Morgan fingerprint density at radius 1 is 1.14 bits per heavy atom. The maximum absolute atomic E-state index is 12.2. The lowest BCUT2D eigenvalue weighted by atomic mass is 10.1. The van der Waals surface area contributed by atoms with Crippen LogP contribution in [0.15, 0.2) is 36.5 Å². The van der Waals surface area contributed by atoms with Crippen LogP contribution >= 0.6 is 0 Å². The van der Waals surface area contributed by atoms with Crippen LogP contribution in [0.1, 0.15) is 21.6 Å². The predicted octanol–water partition coefficient (Wildman–Crippen LogP) is 3.01. The number of hydrogen-bond acceptors (Lipinski definition) is 4. The Hall–Kier alpha value is -2.40. The first kappa shape index (κ1) is 16.0. The molecule has 2 N–H and O–H groups in total. The molecule has 5 heteroatoms. The lowest BCUT2D eigenvalue weighted by molar-refractivity contribution is 0.102. The first-order valence-electron chi connectivity index (χ1n) is 7.17. The third-order valence-electron chi connectivity index (χ3n) is 3.40. The summed E-state index contributed by atoms with van der Waals surface area (Å²) in [6.07, 6.45) is 1.64. The highest BCUT2D eigenvalue weighted by molar-refractivity contribution is 6.03. The number of aryl methyl sites for hydroxylation is 2. The van der Waals surface area contributed by atoms with Crippen molar-refractivity contribution in [2.24, 2.45) is 0 Å². The van der Waals surface area contributed by atoms with Crippen LogP contribution in [0, 0.1) is 13.8 Å². The van der Waals surface area contributed by atoms with Gasteiger partial charge in [0.05, 0.1) is 18.5 Å². The van der Waals surface area contributed by atoms with Crippen molar-refractivity contribution in [1.29, 1.82) is 0 Å². The van der Waals surface area contributed by atoms with Gasteiger partial charge in [0, 0.05) is 19.3 Å². The van der Waals surface area contributed by atoms with Crippen molar-refractivity contribution in [3.63, 3.8) is 0 Å². The van der Waals surface area contributed by atoms with E-state index in [0.29, 0.717) is 18.8 Å². The van der Waals surface area contributed by atoms with Gasteiger partial charge in [0.2, 0.25) is 0 Å².